The highest BCUT2D eigenvalue weighted by Crippen LogP contribution is 2.16. The molecule has 0 bridgehead atoms. The van der Waals surface area contributed by atoms with Crippen LogP contribution < -0.4 is 5.73 Å². The molecule has 1 atom stereocenters. The molecule has 0 saturated carbocycles. The molecule has 3 nitrogen and oxygen atoms in total. The Morgan fingerprint density at radius 2 is 2.00 bits per heavy atom. The van der Waals surface area contributed by atoms with Crippen LogP contribution in [0.5, 0.6) is 0 Å². The number of hydrogen-bond donors (Lipinski definition) is 1. The summed E-state index contributed by atoms with van der Waals surface area (Å²) in [4.78, 5) is 5.53. The van der Waals surface area contributed by atoms with Gasteiger partial charge < -0.3 is 10.6 Å². The van der Waals surface area contributed by atoms with Gasteiger partial charge >= 0.3 is 0 Å². The van der Waals surface area contributed by atoms with Gasteiger partial charge in [-0.2, -0.15) is 0 Å². The fraction of sp³-hybridized carbons (Fsp3) is 0.562. The van der Waals surface area contributed by atoms with Crippen molar-refractivity contribution >= 4 is 17.2 Å². The van der Waals surface area contributed by atoms with E-state index in [4.69, 9.17) is 18.0 Å². The lowest BCUT2D eigenvalue weighted by atomic mass is 10.1. The van der Waals surface area contributed by atoms with Crippen LogP contribution in [-0.2, 0) is 6.54 Å². The average molecular weight is 291 g/mol. The Hall–Kier alpha value is -0.970. The quantitative estimate of drug-likeness (QED) is 0.862. The molecule has 4 heteroatoms. The summed E-state index contributed by atoms with van der Waals surface area (Å²) >= 11 is 5.00. The van der Waals surface area contributed by atoms with Crippen LogP contribution in [0.2, 0.25) is 0 Å². The Morgan fingerprint density at radius 1 is 1.30 bits per heavy atom. The minimum atomic E-state index is 0.472. The third kappa shape index (κ3) is 4.01. The maximum atomic E-state index is 5.64. The SMILES string of the molecule is CCC1CN(C)CCCN1Cc1ccc(C(N)=S)cc1. The van der Waals surface area contributed by atoms with E-state index in [1.807, 2.05) is 12.1 Å². The van der Waals surface area contributed by atoms with Gasteiger partial charge in [0, 0.05) is 31.2 Å². The van der Waals surface area contributed by atoms with Crippen molar-refractivity contribution in [3.8, 4) is 0 Å². The molecule has 1 aliphatic rings. The van der Waals surface area contributed by atoms with E-state index in [1.165, 1.54) is 38.0 Å². The second kappa shape index (κ2) is 7.16. The molecular weight excluding hydrogens is 266 g/mol. The van der Waals surface area contributed by atoms with Gasteiger partial charge in [-0.1, -0.05) is 43.4 Å². The first-order valence-electron chi connectivity index (χ1n) is 7.41. The fourth-order valence-corrected chi connectivity index (χ4v) is 3.03. The Balaban J connectivity index is 2.04. The van der Waals surface area contributed by atoms with Crippen LogP contribution in [0.3, 0.4) is 0 Å². The van der Waals surface area contributed by atoms with Crippen molar-refractivity contribution in [1.29, 1.82) is 0 Å². The molecule has 2 N–H and O–H groups in total. The van der Waals surface area contributed by atoms with Gasteiger partial charge in [-0.15, -0.1) is 0 Å². The van der Waals surface area contributed by atoms with Gasteiger partial charge in [-0.3, -0.25) is 4.90 Å². The number of thiocarbonyl (C=S) groups is 1. The molecule has 110 valence electrons. The highest BCUT2D eigenvalue weighted by molar-refractivity contribution is 7.80. The molecule has 1 saturated heterocycles. The molecule has 1 aliphatic heterocycles. The Bertz CT molecular complexity index is 444. The van der Waals surface area contributed by atoms with E-state index in [1.54, 1.807) is 0 Å². The van der Waals surface area contributed by atoms with E-state index >= 15 is 0 Å². The summed E-state index contributed by atoms with van der Waals surface area (Å²) in [5.74, 6) is 0. The molecule has 0 spiro atoms. The van der Waals surface area contributed by atoms with Gasteiger partial charge in [-0.25, -0.2) is 0 Å². The highest BCUT2D eigenvalue weighted by Gasteiger charge is 2.21. The van der Waals surface area contributed by atoms with Crippen LogP contribution in [0.25, 0.3) is 0 Å². The molecule has 1 aromatic rings. The standard InChI is InChI=1S/C16H25N3S/c1-3-15-12-18(2)9-4-10-19(15)11-13-5-7-14(8-6-13)16(17)20/h5-8,15H,3-4,9-12H2,1-2H3,(H2,17,20). The van der Waals surface area contributed by atoms with Crippen molar-refractivity contribution in [2.45, 2.75) is 32.4 Å². The smallest absolute Gasteiger partial charge is 0.103 e. The summed E-state index contributed by atoms with van der Waals surface area (Å²) < 4.78 is 0. The van der Waals surface area contributed by atoms with Crippen molar-refractivity contribution in [2.75, 3.05) is 26.7 Å². The van der Waals surface area contributed by atoms with Crippen LogP contribution >= 0.6 is 12.2 Å². The zero-order chi connectivity index (χ0) is 14.5. The van der Waals surface area contributed by atoms with E-state index in [9.17, 15) is 0 Å². The molecule has 2 rings (SSSR count). The summed E-state index contributed by atoms with van der Waals surface area (Å²) in [7, 11) is 2.23. The number of nitrogens with zero attached hydrogens (tertiary/aromatic N) is 2. The lowest BCUT2D eigenvalue weighted by molar-refractivity contribution is 0.176. The van der Waals surface area contributed by atoms with Crippen LogP contribution in [0, 0.1) is 0 Å². The van der Waals surface area contributed by atoms with Gasteiger partial charge in [0.2, 0.25) is 0 Å². The van der Waals surface area contributed by atoms with E-state index in [2.05, 4.69) is 35.9 Å². The van der Waals surface area contributed by atoms with Crippen molar-refractivity contribution in [3.05, 3.63) is 35.4 Å². The predicted molar refractivity (Wildman–Crippen MR) is 88.9 cm³/mol. The molecular formula is C16H25N3S. The summed E-state index contributed by atoms with van der Waals surface area (Å²) in [5.41, 5.74) is 7.93. The normalized spacial score (nSPS) is 21.6. The number of likely N-dealkylation sites (N-methyl/N-ethyl adjacent to an activating group) is 1. The molecule has 0 aromatic heterocycles. The van der Waals surface area contributed by atoms with Crippen LogP contribution in [0.4, 0.5) is 0 Å². The number of rotatable bonds is 4. The summed E-state index contributed by atoms with van der Waals surface area (Å²) in [6, 6.07) is 9.01. The van der Waals surface area contributed by atoms with Crippen LogP contribution in [-0.4, -0.2) is 47.5 Å². The van der Waals surface area contributed by atoms with Crippen LogP contribution in [0.1, 0.15) is 30.9 Å². The maximum Gasteiger partial charge on any atom is 0.103 e. The predicted octanol–water partition coefficient (Wildman–Crippen LogP) is 2.24. The fourth-order valence-electron chi connectivity index (χ4n) is 2.90. The minimum Gasteiger partial charge on any atom is -0.389 e. The largest absolute Gasteiger partial charge is 0.389 e. The molecule has 0 aliphatic carbocycles. The van der Waals surface area contributed by atoms with E-state index in [-0.39, 0.29) is 0 Å². The van der Waals surface area contributed by atoms with E-state index in [0.29, 0.717) is 11.0 Å². The van der Waals surface area contributed by atoms with Crippen molar-refractivity contribution in [1.82, 2.24) is 9.80 Å². The number of nitrogens with two attached hydrogens (primary N) is 1. The summed E-state index contributed by atoms with van der Waals surface area (Å²) in [6.45, 7) is 6.85. The molecule has 0 radical (unpaired) electrons. The Morgan fingerprint density at radius 3 is 2.60 bits per heavy atom. The van der Waals surface area contributed by atoms with Gasteiger partial charge in [0.1, 0.15) is 4.99 Å². The van der Waals surface area contributed by atoms with Gasteiger partial charge in [-0.05, 0) is 32.0 Å². The summed E-state index contributed by atoms with van der Waals surface area (Å²) in [5, 5.41) is 0. The van der Waals surface area contributed by atoms with Gasteiger partial charge in [0.05, 0.1) is 0 Å². The third-order valence-corrected chi connectivity index (χ3v) is 4.36. The molecule has 1 aromatic carbocycles. The number of hydrogen-bond acceptors (Lipinski definition) is 3. The minimum absolute atomic E-state index is 0.472. The lowest BCUT2D eigenvalue weighted by Gasteiger charge is -2.30. The Labute approximate surface area is 127 Å². The van der Waals surface area contributed by atoms with Crippen LogP contribution in [0.15, 0.2) is 24.3 Å². The zero-order valence-corrected chi connectivity index (χ0v) is 13.3. The average Bonchev–Trinajstić information content (AvgIpc) is 2.61. The number of benzene rings is 1. The second-order valence-electron chi connectivity index (χ2n) is 5.71. The van der Waals surface area contributed by atoms with E-state index < -0.39 is 0 Å². The lowest BCUT2D eigenvalue weighted by Crippen LogP contribution is -2.39. The molecule has 1 fully saturated rings. The summed E-state index contributed by atoms with van der Waals surface area (Å²) in [6.07, 6.45) is 2.45. The molecule has 20 heavy (non-hydrogen) atoms. The third-order valence-electron chi connectivity index (χ3n) is 4.12. The maximum absolute atomic E-state index is 5.64. The van der Waals surface area contributed by atoms with Gasteiger partial charge in [0.25, 0.3) is 0 Å². The molecule has 1 unspecified atom stereocenters. The van der Waals surface area contributed by atoms with Gasteiger partial charge in [0.15, 0.2) is 0 Å². The first kappa shape index (κ1) is 15.4. The van der Waals surface area contributed by atoms with Crippen molar-refractivity contribution in [2.24, 2.45) is 5.73 Å². The monoisotopic (exact) mass is 291 g/mol. The van der Waals surface area contributed by atoms with Crippen molar-refractivity contribution < 1.29 is 0 Å². The second-order valence-corrected chi connectivity index (χ2v) is 6.15. The topological polar surface area (TPSA) is 32.5 Å². The van der Waals surface area contributed by atoms with Crippen molar-refractivity contribution in [3.63, 3.8) is 0 Å². The first-order chi connectivity index (χ1) is 9.60. The first-order valence-corrected chi connectivity index (χ1v) is 7.82. The molecule has 1 heterocycles. The zero-order valence-electron chi connectivity index (χ0n) is 12.5. The Kier molecular flexibility index (Phi) is 5.52. The highest BCUT2D eigenvalue weighted by atomic mass is 32.1. The molecule has 0 amide bonds. The van der Waals surface area contributed by atoms with E-state index in [0.717, 1.165) is 12.1 Å².